The number of carbonyl (C=O) groups excluding carboxylic acids is 3. The van der Waals surface area contributed by atoms with Crippen molar-refractivity contribution >= 4 is 44.6 Å². The maximum absolute atomic E-state index is 13.1. The van der Waals surface area contributed by atoms with Crippen LogP contribution in [0.4, 0.5) is 5.69 Å². The van der Waals surface area contributed by atoms with Crippen LogP contribution in [-0.4, -0.2) is 37.3 Å². The van der Waals surface area contributed by atoms with Crippen LogP contribution in [0.3, 0.4) is 0 Å². The van der Waals surface area contributed by atoms with Gasteiger partial charge < -0.3 is 14.5 Å². The average molecular weight is 522 g/mol. The molecule has 10 nitrogen and oxygen atoms in total. The van der Waals surface area contributed by atoms with E-state index in [1.54, 1.807) is 43.3 Å². The van der Waals surface area contributed by atoms with E-state index in [1.807, 2.05) is 16.9 Å². The topological polar surface area (TPSA) is 145 Å². The summed E-state index contributed by atoms with van der Waals surface area (Å²) >= 11 is 0. The van der Waals surface area contributed by atoms with Gasteiger partial charge in [-0.3, -0.25) is 9.59 Å². The monoisotopic (exact) mass is 521 g/mol. The summed E-state index contributed by atoms with van der Waals surface area (Å²) in [5.74, 6) is -1.78. The summed E-state index contributed by atoms with van der Waals surface area (Å²) in [5.41, 5.74) is 2.11. The van der Waals surface area contributed by atoms with Crippen molar-refractivity contribution < 1.29 is 32.0 Å². The number of esters is 1. The molecule has 2 N–H and O–H groups in total. The number of amides is 2. The number of sulfonamides is 1. The molecule has 37 heavy (non-hydrogen) atoms. The molecule has 3 aromatic carbocycles. The molecule has 0 saturated heterocycles. The van der Waals surface area contributed by atoms with Crippen LogP contribution >= 0.6 is 0 Å². The van der Waals surface area contributed by atoms with E-state index >= 15 is 0 Å². The van der Waals surface area contributed by atoms with Crippen molar-refractivity contribution in [3.8, 4) is 11.5 Å². The van der Waals surface area contributed by atoms with E-state index < -0.39 is 33.9 Å². The molecular formula is C26H23N3O7S. The molecule has 0 bridgehead atoms. The summed E-state index contributed by atoms with van der Waals surface area (Å²) in [6.45, 7) is 2.78. The van der Waals surface area contributed by atoms with Gasteiger partial charge in [0.1, 0.15) is 5.52 Å². The number of carbonyl (C=O) groups is 3. The fourth-order valence-electron chi connectivity index (χ4n) is 3.54. The van der Waals surface area contributed by atoms with Gasteiger partial charge >= 0.3 is 5.97 Å². The maximum Gasteiger partial charge on any atom is 0.339 e. The van der Waals surface area contributed by atoms with Gasteiger partial charge in [0.15, 0.2) is 11.7 Å². The number of ether oxygens (including phenoxy) is 1. The van der Waals surface area contributed by atoms with E-state index in [4.69, 9.17) is 9.15 Å². The number of fused-ring (bicyclic) bond motifs is 1. The number of aromatic nitrogens is 1. The number of benzene rings is 3. The highest BCUT2D eigenvalue weighted by atomic mass is 32.2. The molecule has 190 valence electrons. The Morgan fingerprint density at radius 1 is 0.973 bits per heavy atom. The highest BCUT2D eigenvalue weighted by Crippen LogP contribution is 2.28. The van der Waals surface area contributed by atoms with Crippen LogP contribution in [0.15, 0.2) is 82.1 Å². The molecule has 1 unspecified atom stereocenters. The summed E-state index contributed by atoms with van der Waals surface area (Å²) in [6, 6.07) is 19.1. The number of anilines is 1. The van der Waals surface area contributed by atoms with Crippen molar-refractivity contribution in [2.45, 2.75) is 31.3 Å². The van der Waals surface area contributed by atoms with Crippen molar-refractivity contribution in [2.75, 3.05) is 5.32 Å². The van der Waals surface area contributed by atoms with Crippen LogP contribution in [0, 0.1) is 0 Å². The van der Waals surface area contributed by atoms with E-state index in [-0.39, 0.29) is 28.5 Å². The molecule has 0 aliphatic heterocycles. The third-order valence-electron chi connectivity index (χ3n) is 5.29. The van der Waals surface area contributed by atoms with Gasteiger partial charge in [0, 0.05) is 12.6 Å². The van der Waals surface area contributed by atoms with Crippen LogP contribution < -0.4 is 10.0 Å². The third-order valence-corrected chi connectivity index (χ3v) is 6.74. The Morgan fingerprint density at radius 2 is 1.65 bits per heavy atom. The highest BCUT2D eigenvalue weighted by molar-refractivity contribution is 7.90. The first-order valence-electron chi connectivity index (χ1n) is 11.3. The van der Waals surface area contributed by atoms with Gasteiger partial charge in [-0.05, 0) is 55.0 Å². The molecule has 0 radical (unpaired) electrons. The van der Waals surface area contributed by atoms with Crippen molar-refractivity contribution in [2.24, 2.45) is 0 Å². The van der Waals surface area contributed by atoms with Crippen LogP contribution in [0.5, 0.6) is 0 Å². The van der Waals surface area contributed by atoms with Gasteiger partial charge in [0.05, 0.1) is 16.0 Å². The van der Waals surface area contributed by atoms with E-state index in [9.17, 15) is 22.8 Å². The molecule has 0 fully saturated rings. The second-order valence-electron chi connectivity index (χ2n) is 8.01. The van der Waals surface area contributed by atoms with Crippen molar-refractivity contribution in [1.82, 2.24) is 9.71 Å². The molecule has 0 spiro atoms. The van der Waals surface area contributed by atoms with Crippen LogP contribution in [0.25, 0.3) is 22.6 Å². The summed E-state index contributed by atoms with van der Waals surface area (Å²) in [5, 5.41) is 2.60. The molecule has 0 aliphatic rings. The van der Waals surface area contributed by atoms with Gasteiger partial charge in [-0.1, -0.05) is 31.2 Å². The van der Waals surface area contributed by atoms with Gasteiger partial charge in [0.25, 0.3) is 15.9 Å². The number of nitrogens with zero attached hydrogens (tertiary/aromatic N) is 1. The molecule has 0 saturated carbocycles. The lowest BCUT2D eigenvalue weighted by Crippen LogP contribution is -2.32. The van der Waals surface area contributed by atoms with Crippen molar-refractivity contribution in [3.05, 3.63) is 78.4 Å². The molecule has 1 heterocycles. The first-order chi connectivity index (χ1) is 17.7. The number of hydrogen-bond donors (Lipinski definition) is 2. The summed E-state index contributed by atoms with van der Waals surface area (Å²) in [6.07, 6.45) is -0.926. The lowest BCUT2D eigenvalue weighted by molar-refractivity contribution is -0.124. The summed E-state index contributed by atoms with van der Waals surface area (Å²) in [7, 11) is -4.00. The zero-order valence-electron chi connectivity index (χ0n) is 19.9. The number of hydrogen-bond acceptors (Lipinski definition) is 8. The first-order valence-corrected chi connectivity index (χ1v) is 12.8. The van der Waals surface area contributed by atoms with Gasteiger partial charge in [-0.25, -0.2) is 22.9 Å². The zero-order chi connectivity index (χ0) is 26.6. The predicted octanol–water partition coefficient (Wildman–Crippen LogP) is 3.89. The van der Waals surface area contributed by atoms with E-state index in [2.05, 4.69) is 10.3 Å². The molecule has 4 rings (SSSR count). The van der Waals surface area contributed by atoms with Crippen LogP contribution in [0.1, 0.15) is 30.6 Å². The molecule has 11 heteroatoms. The summed E-state index contributed by atoms with van der Waals surface area (Å²) < 4.78 is 37.3. The molecule has 0 aliphatic carbocycles. The molecule has 1 aromatic heterocycles. The second-order valence-corrected chi connectivity index (χ2v) is 9.69. The van der Waals surface area contributed by atoms with E-state index in [0.29, 0.717) is 16.7 Å². The Morgan fingerprint density at radius 3 is 2.32 bits per heavy atom. The van der Waals surface area contributed by atoms with Crippen LogP contribution in [-0.2, 0) is 24.3 Å². The smallest absolute Gasteiger partial charge is 0.339 e. The van der Waals surface area contributed by atoms with E-state index in [1.165, 1.54) is 24.3 Å². The number of oxazole rings is 1. The van der Waals surface area contributed by atoms with E-state index in [0.717, 1.165) is 6.92 Å². The molecule has 2 amide bonds. The Bertz CT molecular complexity index is 1540. The Labute approximate surface area is 212 Å². The standard InChI is InChI=1S/C26H23N3O7S/c1-3-22(24(31)27-17-12-14-18(15-13-17)37(33,34)29-16(2)30)36-26(32)20-9-5-4-8-19(20)25-28-21-10-6-7-11-23(21)35-25/h4-15,22H,3H2,1-2H3,(H,27,31)(H,29,30). The second kappa shape index (κ2) is 10.6. The highest BCUT2D eigenvalue weighted by Gasteiger charge is 2.25. The lowest BCUT2D eigenvalue weighted by atomic mass is 10.1. The number of rotatable bonds is 8. The van der Waals surface area contributed by atoms with Gasteiger partial charge in [-0.15, -0.1) is 0 Å². The Balaban J connectivity index is 1.48. The minimum atomic E-state index is -4.00. The summed E-state index contributed by atoms with van der Waals surface area (Å²) in [4.78, 5) is 41.2. The zero-order valence-corrected chi connectivity index (χ0v) is 20.7. The van der Waals surface area contributed by atoms with Gasteiger partial charge in [0.2, 0.25) is 11.8 Å². The van der Waals surface area contributed by atoms with Crippen molar-refractivity contribution in [3.63, 3.8) is 0 Å². The fraction of sp³-hybridized carbons (Fsp3) is 0.154. The van der Waals surface area contributed by atoms with Crippen LogP contribution in [0.2, 0.25) is 0 Å². The van der Waals surface area contributed by atoms with Gasteiger partial charge in [-0.2, -0.15) is 0 Å². The fourth-order valence-corrected chi connectivity index (χ4v) is 4.53. The average Bonchev–Trinajstić information content (AvgIpc) is 3.31. The molecular weight excluding hydrogens is 498 g/mol. The number of nitrogens with one attached hydrogen (secondary N) is 2. The quantitative estimate of drug-likeness (QED) is 0.332. The normalized spacial score (nSPS) is 12.1. The number of para-hydroxylation sites is 2. The minimum Gasteiger partial charge on any atom is -0.449 e. The first kappa shape index (κ1) is 25.6. The lowest BCUT2D eigenvalue weighted by Gasteiger charge is -2.17. The Hall–Kier alpha value is -4.51. The largest absolute Gasteiger partial charge is 0.449 e. The molecule has 4 aromatic rings. The Kier molecular flexibility index (Phi) is 7.35. The third kappa shape index (κ3) is 5.84. The minimum absolute atomic E-state index is 0.144. The SMILES string of the molecule is CCC(OC(=O)c1ccccc1-c1nc2ccccc2o1)C(=O)Nc1ccc(S(=O)(=O)NC(C)=O)cc1. The molecule has 1 atom stereocenters. The van der Waals surface area contributed by atoms with Crippen molar-refractivity contribution in [1.29, 1.82) is 0 Å². The maximum atomic E-state index is 13.1. The predicted molar refractivity (Wildman–Crippen MR) is 135 cm³/mol.